The van der Waals surface area contributed by atoms with Gasteiger partial charge in [0.2, 0.25) is 0 Å². The van der Waals surface area contributed by atoms with Gasteiger partial charge >= 0.3 is 0 Å². The fraction of sp³-hybridized carbons (Fsp3) is 0.167. The van der Waals surface area contributed by atoms with Crippen LogP contribution in [0.5, 0.6) is 5.75 Å². The van der Waals surface area contributed by atoms with Gasteiger partial charge in [0.25, 0.3) is 0 Å². The molecule has 3 aromatic rings. The van der Waals surface area contributed by atoms with Gasteiger partial charge in [-0.15, -0.1) is 0 Å². The van der Waals surface area contributed by atoms with Crippen molar-refractivity contribution in [3.63, 3.8) is 0 Å². The molecule has 0 saturated heterocycles. The first-order chi connectivity index (χ1) is 12.1. The van der Waals surface area contributed by atoms with Gasteiger partial charge in [0.05, 0.1) is 25.0 Å². The van der Waals surface area contributed by atoms with Gasteiger partial charge in [0, 0.05) is 17.3 Å². The molecule has 0 saturated carbocycles. The van der Waals surface area contributed by atoms with E-state index in [9.17, 15) is 0 Å². The largest absolute Gasteiger partial charge is 0.495 e. The molecule has 2 N–H and O–H groups in total. The Morgan fingerprint density at radius 3 is 2.68 bits per heavy atom. The van der Waals surface area contributed by atoms with Crippen LogP contribution in [0.3, 0.4) is 0 Å². The second-order valence-electron chi connectivity index (χ2n) is 5.33. The van der Waals surface area contributed by atoms with Crippen LogP contribution in [0.4, 0.5) is 17.3 Å². The minimum Gasteiger partial charge on any atom is -0.495 e. The molecule has 0 amide bonds. The molecule has 0 bridgehead atoms. The topological polar surface area (TPSA) is 72.0 Å². The van der Waals surface area contributed by atoms with Crippen LogP contribution in [-0.2, 0) is 6.54 Å². The lowest BCUT2D eigenvalue weighted by Gasteiger charge is -2.13. The molecule has 0 aliphatic heterocycles. The molecule has 0 fully saturated rings. The lowest BCUT2D eigenvalue weighted by molar-refractivity contribution is 0.417. The van der Waals surface area contributed by atoms with Crippen LogP contribution in [0.25, 0.3) is 0 Å². The maximum Gasteiger partial charge on any atom is 0.142 e. The number of rotatable bonds is 6. The molecule has 7 heteroatoms. The highest BCUT2D eigenvalue weighted by atomic mass is 35.5. The SMILES string of the molecule is COc1ccc(Cl)cc1Nc1cc(NCc2ccccn2)nc(C)n1. The number of ether oxygens (including phenoxy) is 1. The summed E-state index contributed by atoms with van der Waals surface area (Å²) in [6, 6.07) is 13.0. The minimum atomic E-state index is 0.581. The van der Waals surface area contributed by atoms with Gasteiger partial charge in [0.1, 0.15) is 23.2 Å². The number of benzene rings is 1. The Labute approximate surface area is 151 Å². The minimum absolute atomic E-state index is 0.581. The van der Waals surface area contributed by atoms with E-state index in [1.807, 2.05) is 31.2 Å². The van der Waals surface area contributed by atoms with Crippen LogP contribution >= 0.6 is 11.6 Å². The lowest BCUT2D eigenvalue weighted by atomic mass is 10.3. The predicted octanol–water partition coefficient (Wildman–Crippen LogP) is 4.20. The summed E-state index contributed by atoms with van der Waals surface area (Å²) in [4.78, 5) is 13.1. The Morgan fingerprint density at radius 2 is 1.92 bits per heavy atom. The first-order valence-electron chi connectivity index (χ1n) is 7.74. The van der Waals surface area contributed by atoms with E-state index in [1.54, 1.807) is 31.5 Å². The predicted molar refractivity (Wildman–Crippen MR) is 99.6 cm³/mol. The quantitative estimate of drug-likeness (QED) is 0.690. The molecule has 0 aliphatic rings. The summed E-state index contributed by atoms with van der Waals surface area (Å²) < 4.78 is 5.35. The molecule has 128 valence electrons. The zero-order valence-corrected chi connectivity index (χ0v) is 14.7. The van der Waals surface area contributed by atoms with Crippen molar-refractivity contribution in [1.29, 1.82) is 0 Å². The molecule has 1 aromatic carbocycles. The van der Waals surface area contributed by atoms with Crippen molar-refractivity contribution in [3.05, 3.63) is 65.2 Å². The molecule has 0 spiro atoms. The number of hydrogen-bond acceptors (Lipinski definition) is 6. The third kappa shape index (κ3) is 4.58. The van der Waals surface area contributed by atoms with Gasteiger partial charge < -0.3 is 15.4 Å². The molecule has 6 nitrogen and oxygen atoms in total. The van der Waals surface area contributed by atoms with Gasteiger partial charge in [-0.05, 0) is 37.3 Å². The number of halogens is 1. The highest BCUT2D eigenvalue weighted by molar-refractivity contribution is 6.31. The van der Waals surface area contributed by atoms with Crippen LogP contribution in [0.1, 0.15) is 11.5 Å². The molecular weight excluding hydrogens is 338 g/mol. The van der Waals surface area contributed by atoms with E-state index in [0.29, 0.717) is 34.8 Å². The number of nitrogens with zero attached hydrogens (tertiary/aromatic N) is 3. The van der Waals surface area contributed by atoms with Crippen molar-refractivity contribution in [1.82, 2.24) is 15.0 Å². The van der Waals surface area contributed by atoms with Crippen LogP contribution in [0.15, 0.2) is 48.7 Å². The second kappa shape index (κ2) is 7.81. The van der Waals surface area contributed by atoms with Crippen molar-refractivity contribution >= 4 is 28.9 Å². The summed E-state index contributed by atoms with van der Waals surface area (Å²) in [6.45, 7) is 2.42. The number of aryl methyl sites for hydroxylation is 1. The average Bonchev–Trinajstić information content (AvgIpc) is 2.61. The number of anilines is 3. The lowest BCUT2D eigenvalue weighted by Crippen LogP contribution is -2.06. The van der Waals surface area contributed by atoms with Gasteiger partial charge in [0.15, 0.2) is 0 Å². The van der Waals surface area contributed by atoms with E-state index in [1.165, 1.54) is 0 Å². The highest BCUT2D eigenvalue weighted by Crippen LogP contribution is 2.30. The van der Waals surface area contributed by atoms with E-state index in [4.69, 9.17) is 16.3 Å². The Balaban J connectivity index is 1.79. The molecule has 0 radical (unpaired) electrons. The Morgan fingerprint density at radius 1 is 1.08 bits per heavy atom. The number of hydrogen-bond donors (Lipinski definition) is 2. The second-order valence-corrected chi connectivity index (χ2v) is 5.77. The number of pyridine rings is 1. The van der Waals surface area contributed by atoms with Crippen LogP contribution in [-0.4, -0.2) is 22.1 Å². The number of aromatic nitrogens is 3. The van der Waals surface area contributed by atoms with E-state index in [2.05, 4.69) is 25.6 Å². The van der Waals surface area contributed by atoms with Crippen molar-refractivity contribution in [3.8, 4) is 5.75 Å². The van der Waals surface area contributed by atoms with Gasteiger partial charge in [-0.3, -0.25) is 4.98 Å². The Bertz CT molecular complexity index is 857. The van der Waals surface area contributed by atoms with E-state index in [0.717, 1.165) is 11.4 Å². The van der Waals surface area contributed by atoms with Crippen molar-refractivity contribution < 1.29 is 4.74 Å². The first kappa shape index (κ1) is 17.0. The fourth-order valence-corrected chi connectivity index (χ4v) is 2.49. The third-order valence-electron chi connectivity index (χ3n) is 3.44. The third-order valence-corrected chi connectivity index (χ3v) is 3.67. The van der Waals surface area contributed by atoms with Crippen LogP contribution < -0.4 is 15.4 Å². The summed E-state index contributed by atoms with van der Waals surface area (Å²) in [5.74, 6) is 2.69. The molecule has 0 unspecified atom stereocenters. The Kier molecular flexibility index (Phi) is 5.30. The first-order valence-corrected chi connectivity index (χ1v) is 8.12. The molecule has 25 heavy (non-hydrogen) atoms. The molecular formula is C18H18ClN5O. The van der Waals surface area contributed by atoms with Gasteiger partial charge in [-0.2, -0.15) is 0 Å². The summed E-state index contributed by atoms with van der Waals surface area (Å²) >= 11 is 6.07. The molecule has 0 aliphatic carbocycles. The zero-order chi connectivity index (χ0) is 17.6. The Hall–Kier alpha value is -2.86. The van der Waals surface area contributed by atoms with E-state index >= 15 is 0 Å². The van der Waals surface area contributed by atoms with Crippen LogP contribution in [0, 0.1) is 6.92 Å². The van der Waals surface area contributed by atoms with Crippen molar-refractivity contribution in [2.45, 2.75) is 13.5 Å². The van der Waals surface area contributed by atoms with E-state index < -0.39 is 0 Å². The molecule has 3 rings (SSSR count). The molecule has 2 heterocycles. The number of nitrogens with one attached hydrogen (secondary N) is 2. The number of methoxy groups -OCH3 is 1. The smallest absolute Gasteiger partial charge is 0.142 e. The van der Waals surface area contributed by atoms with Crippen molar-refractivity contribution in [2.75, 3.05) is 17.7 Å². The standard InChI is InChI=1S/C18H18ClN5O/c1-12-22-17(21-11-14-5-3-4-8-20-14)10-18(23-12)24-15-9-13(19)6-7-16(15)25-2/h3-10H,11H2,1-2H3,(H2,21,22,23,24). The average molecular weight is 356 g/mol. The van der Waals surface area contributed by atoms with Gasteiger partial charge in [-0.1, -0.05) is 17.7 Å². The highest BCUT2D eigenvalue weighted by Gasteiger charge is 2.07. The summed E-state index contributed by atoms with van der Waals surface area (Å²) in [7, 11) is 1.61. The summed E-state index contributed by atoms with van der Waals surface area (Å²) in [5, 5.41) is 7.10. The van der Waals surface area contributed by atoms with E-state index in [-0.39, 0.29) is 0 Å². The van der Waals surface area contributed by atoms with Crippen LogP contribution in [0.2, 0.25) is 5.02 Å². The normalized spacial score (nSPS) is 10.4. The molecule has 0 atom stereocenters. The maximum atomic E-state index is 6.07. The van der Waals surface area contributed by atoms with Gasteiger partial charge in [-0.25, -0.2) is 9.97 Å². The summed E-state index contributed by atoms with van der Waals surface area (Å²) in [6.07, 6.45) is 1.76. The molecule has 2 aromatic heterocycles. The zero-order valence-electron chi connectivity index (χ0n) is 14.0. The van der Waals surface area contributed by atoms with Crippen molar-refractivity contribution in [2.24, 2.45) is 0 Å². The summed E-state index contributed by atoms with van der Waals surface area (Å²) in [5.41, 5.74) is 1.67. The monoisotopic (exact) mass is 355 g/mol. The fourth-order valence-electron chi connectivity index (χ4n) is 2.32. The maximum absolute atomic E-state index is 6.07.